The minimum Gasteiger partial charge on any atom is -0.325 e. The number of rotatable bonds is 5. The molecule has 1 aliphatic rings. The van der Waals surface area contributed by atoms with Gasteiger partial charge in [0.2, 0.25) is 5.91 Å². The van der Waals surface area contributed by atoms with Gasteiger partial charge in [-0.2, -0.15) is 0 Å². The number of nitrogens with zero attached hydrogens (tertiary/aromatic N) is 4. The van der Waals surface area contributed by atoms with Gasteiger partial charge in [0.1, 0.15) is 4.83 Å². The summed E-state index contributed by atoms with van der Waals surface area (Å²) in [5.74, 6) is 0.178. The summed E-state index contributed by atoms with van der Waals surface area (Å²) in [5.41, 5.74) is 3.06. The number of aryl methyl sites for hydroxylation is 2. The van der Waals surface area contributed by atoms with E-state index in [1.54, 1.807) is 23.1 Å². The summed E-state index contributed by atoms with van der Waals surface area (Å²) in [5, 5.41) is 16.8. The van der Waals surface area contributed by atoms with Crippen molar-refractivity contribution in [1.82, 2.24) is 19.6 Å². The van der Waals surface area contributed by atoms with Gasteiger partial charge in [-0.15, -0.1) is 21.5 Å². The fourth-order valence-corrected chi connectivity index (χ4v) is 6.96. The SMILES string of the molecule is CSc1nc2sc3c(c2c2nnc(SCC(=O)Nc4cccc5ccccc45)n12)CCC3. The number of nitrogens with one attached hydrogen (secondary N) is 1. The maximum atomic E-state index is 12.8. The van der Waals surface area contributed by atoms with Gasteiger partial charge in [0.05, 0.1) is 11.1 Å². The van der Waals surface area contributed by atoms with E-state index in [0.29, 0.717) is 5.16 Å². The highest BCUT2D eigenvalue weighted by Gasteiger charge is 2.24. The van der Waals surface area contributed by atoms with Gasteiger partial charge in [-0.25, -0.2) is 9.38 Å². The average Bonchev–Trinajstić information content (AvgIpc) is 3.51. The molecule has 0 spiro atoms. The van der Waals surface area contributed by atoms with Crippen molar-refractivity contribution in [2.24, 2.45) is 0 Å². The molecule has 0 unspecified atom stereocenters. The fraction of sp³-hybridized carbons (Fsp3) is 0.217. The van der Waals surface area contributed by atoms with Crippen molar-refractivity contribution in [1.29, 1.82) is 0 Å². The Balaban J connectivity index is 1.30. The predicted octanol–water partition coefficient (Wildman–Crippen LogP) is 5.43. The van der Waals surface area contributed by atoms with E-state index in [0.717, 1.165) is 50.3 Å². The molecule has 160 valence electrons. The number of anilines is 1. The Bertz CT molecular complexity index is 1500. The number of hydrogen-bond acceptors (Lipinski definition) is 7. The lowest BCUT2D eigenvalue weighted by atomic mass is 10.1. The zero-order valence-corrected chi connectivity index (χ0v) is 19.7. The van der Waals surface area contributed by atoms with Crippen molar-refractivity contribution in [3.63, 3.8) is 0 Å². The number of aromatic nitrogens is 4. The summed E-state index contributed by atoms with van der Waals surface area (Å²) >= 11 is 4.75. The Morgan fingerprint density at radius 2 is 2.00 bits per heavy atom. The standard InChI is InChI=1S/C23H19N5OS3/c1-30-22-25-21-19(15-9-5-11-17(15)32-21)20-26-27-23(28(20)22)31-12-18(29)24-16-10-4-7-13-6-2-3-8-14(13)16/h2-4,6-8,10H,5,9,11-12H2,1H3,(H,24,29). The zero-order chi connectivity index (χ0) is 21.7. The van der Waals surface area contributed by atoms with E-state index in [2.05, 4.69) is 15.5 Å². The van der Waals surface area contributed by atoms with Gasteiger partial charge in [-0.05, 0) is 42.5 Å². The number of carbonyl (C=O) groups is 1. The van der Waals surface area contributed by atoms with Gasteiger partial charge in [-0.1, -0.05) is 59.9 Å². The molecule has 0 saturated heterocycles. The highest BCUT2D eigenvalue weighted by molar-refractivity contribution is 8.00. The molecule has 1 amide bonds. The number of thiophene rings is 1. The van der Waals surface area contributed by atoms with Gasteiger partial charge in [0.15, 0.2) is 16.0 Å². The monoisotopic (exact) mass is 477 g/mol. The predicted molar refractivity (Wildman–Crippen MR) is 133 cm³/mol. The average molecular weight is 478 g/mol. The highest BCUT2D eigenvalue weighted by Crippen LogP contribution is 2.40. The summed E-state index contributed by atoms with van der Waals surface area (Å²) in [7, 11) is 0. The maximum Gasteiger partial charge on any atom is 0.234 e. The van der Waals surface area contributed by atoms with E-state index in [9.17, 15) is 4.79 Å². The molecule has 0 saturated carbocycles. The first-order valence-electron chi connectivity index (χ1n) is 10.4. The third-order valence-corrected chi connectivity index (χ3v) is 8.48. The highest BCUT2D eigenvalue weighted by atomic mass is 32.2. The molecule has 1 N–H and O–H groups in total. The quantitative estimate of drug-likeness (QED) is 0.269. The topological polar surface area (TPSA) is 72.2 Å². The molecule has 0 radical (unpaired) electrons. The van der Waals surface area contributed by atoms with Crippen LogP contribution < -0.4 is 5.32 Å². The second kappa shape index (κ2) is 8.06. The van der Waals surface area contributed by atoms with E-state index in [4.69, 9.17) is 4.98 Å². The van der Waals surface area contributed by atoms with Crippen LogP contribution in [0.15, 0.2) is 52.8 Å². The summed E-state index contributed by atoms with van der Waals surface area (Å²) in [6.45, 7) is 0. The number of amides is 1. The molecular formula is C23H19N5OS3. The van der Waals surface area contributed by atoms with Crippen LogP contribution >= 0.6 is 34.9 Å². The molecule has 2 aromatic carbocycles. The summed E-state index contributed by atoms with van der Waals surface area (Å²) in [4.78, 5) is 20.1. The van der Waals surface area contributed by atoms with Gasteiger partial charge in [-0.3, -0.25) is 4.79 Å². The van der Waals surface area contributed by atoms with Crippen molar-refractivity contribution < 1.29 is 4.79 Å². The molecule has 1 aliphatic carbocycles. The second-order valence-corrected chi connectivity index (χ2v) is 10.4. The van der Waals surface area contributed by atoms with E-state index in [1.165, 1.54) is 28.6 Å². The lowest BCUT2D eigenvalue weighted by molar-refractivity contribution is -0.113. The number of fused-ring (bicyclic) bond motifs is 6. The van der Waals surface area contributed by atoms with Crippen molar-refractivity contribution in [2.75, 3.05) is 17.3 Å². The van der Waals surface area contributed by atoms with Crippen LogP contribution in [0.5, 0.6) is 0 Å². The van der Waals surface area contributed by atoms with Gasteiger partial charge in [0.25, 0.3) is 0 Å². The molecule has 3 heterocycles. The van der Waals surface area contributed by atoms with Crippen molar-refractivity contribution in [3.05, 3.63) is 52.9 Å². The summed E-state index contributed by atoms with van der Waals surface area (Å²) in [6, 6.07) is 14.0. The van der Waals surface area contributed by atoms with Crippen LogP contribution in [0.4, 0.5) is 5.69 Å². The fourth-order valence-electron chi connectivity index (χ4n) is 4.32. The first-order chi connectivity index (χ1) is 15.7. The molecule has 5 aromatic rings. The molecule has 9 heteroatoms. The van der Waals surface area contributed by atoms with Crippen LogP contribution in [0.25, 0.3) is 26.6 Å². The number of thioether (sulfide) groups is 2. The molecular weight excluding hydrogens is 458 g/mol. The minimum atomic E-state index is -0.0701. The zero-order valence-electron chi connectivity index (χ0n) is 17.3. The molecule has 6 nitrogen and oxygen atoms in total. The van der Waals surface area contributed by atoms with E-state index >= 15 is 0 Å². The smallest absolute Gasteiger partial charge is 0.234 e. The Kier molecular flexibility index (Phi) is 5.04. The first kappa shape index (κ1) is 20.0. The van der Waals surface area contributed by atoms with Crippen LogP contribution in [0.2, 0.25) is 0 Å². The van der Waals surface area contributed by atoms with Gasteiger partial charge < -0.3 is 5.32 Å². The molecule has 0 atom stereocenters. The van der Waals surface area contributed by atoms with Crippen LogP contribution in [0.1, 0.15) is 16.9 Å². The molecule has 0 aliphatic heterocycles. The van der Waals surface area contributed by atoms with Gasteiger partial charge >= 0.3 is 0 Å². The van der Waals surface area contributed by atoms with Crippen LogP contribution in [0.3, 0.4) is 0 Å². The number of benzene rings is 2. The normalized spacial score (nSPS) is 13.3. The molecule has 6 rings (SSSR count). The Morgan fingerprint density at radius 1 is 1.12 bits per heavy atom. The van der Waals surface area contributed by atoms with Crippen LogP contribution in [-0.2, 0) is 17.6 Å². The lowest BCUT2D eigenvalue weighted by Gasteiger charge is -2.09. The van der Waals surface area contributed by atoms with Crippen LogP contribution in [0, 0.1) is 0 Å². The van der Waals surface area contributed by atoms with Crippen LogP contribution in [-0.4, -0.2) is 37.5 Å². The molecule has 32 heavy (non-hydrogen) atoms. The Morgan fingerprint density at radius 3 is 2.91 bits per heavy atom. The largest absolute Gasteiger partial charge is 0.325 e. The van der Waals surface area contributed by atoms with Crippen molar-refractivity contribution in [3.8, 4) is 0 Å². The Hall–Kier alpha value is -2.62. The third kappa shape index (κ3) is 3.27. The third-order valence-electron chi connectivity index (χ3n) is 5.73. The maximum absolute atomic E-state index is 12.8. The molecule has 0 fully saturated rings. The lowest BCUT2D eigenvalue weighted by Crippen LogP contribution is -2.14. The molecule has 0 bridgehead atoms. The van der Waals surface area contributed by atoms with E-state index in [-0.39, 0.29) is 11.7 Å². The van der Waals surface area contributed by atoms with Gasteiger partial charge in [0, 0.05) is 16.0 Å². The van der Waals surface area contributed by atoms with Crippen molar-refractivity contribution >= 4 is 73.1 Å². The second-order valence-electron chi connectivity index (χ2n) is 7.64. The number of hydrogen-bond donors (Lipinski definition) is 1. The minimum absolute atomic E-state index is 0.0701. The first-order valence-corrected chi connectivity index (χ1v) is 13.4. The summed E-state index contributed by atoms with van der Waals surface area (Å²) < 4.78 is 2.01. The summed E-state index contributed by atoms with van der Waals surface area (Å²) in [6.07, 6.45) is 5.41. The molecule has 3 aromatic heterocycles. The Labute approximate surface area is 196 Å². The van der Waals surface area contributed by atoms with E-state index in [1.807, 2.05) is 53.1 Å². The van der Waals surface area contributed by atoms with E-state index < -0.39 is 0 Å². The van der Waals surface area contributed by atoms with Crippen molar-refractivity contribution in [2.45, 2.75) is 29.6 Å². The number of carbonyl (C=O) groups excluding carboxylic acids is 1.